The predicted molar refractivity (Wildman–Crippen MR) is 166 cm³/mol. The van der Waals surface area contributed by atoms with Crippen molar-refractivity contribution in [1.82, 2.24) is 0 Å². The Morgan fingerprint density at radius 3 is 1.62 bits per heavy atom. The first-order valence-corrected chi connectivity index (χ1v) is 13.4. The summed E-state index contributed by atoms with van der Waals surface area (Å²) in [6, 6.07) is 47.8. The van der Waals surface area contributed by atoms with Gasteiger partial charge in [0, 0.05) is 5.56 Å². The lowest BCUT2D eigenvalue weighted by Gasteiger charge is -2.18. The highest BCUT2D eigenvalue weighted by molar-refractivity contribution is 6.22. The van der Waals surface area contributed by atoms with Crippen molar-refractivity contribution in [2.75, 3.05) is 7.11 Å². The van der Waals surface area contributed by atoms with Crippen LogP contribution >= 0.6 is 0 Å². The van der Waals surface area contributed by atoms with Crippen molar-refractivity contribution < 1.29 is 9.53 Å². The number of methoxy groups -OCH3 is 1. The van der Waals surface area contributed by atoms with Crippen LogP contribution in [0.5, 0.6) is 5.75 Å². The Kier molecular flexibility index (Phi) is 5.87. The molecule has 0 aliphatic heterocycles. The summed E-state index contributed by atoms with van der Waals surface area (Å²) in [7, 11) is 1.59. The third kappa shape index (κ3) is 3.93. The topological polar surface area (TPSA) is 26.3 Å². The summed E-state index contributed by atoms with van der Waals surface area (Å²) >= 11 is 0. The largest absolute Gasteiger partial charge is 0.496 e. The minimum atomic E-state index is -0.0506. The standard InChI is InChI=1S/C38H26O2/c1-40-35-17-9-8-16-34(35)38(39)27-21-19-26(20-22-27)36-30-12-4-6-14-32(30)37(33-15-7-5-13-31(33)36)29-23-18-25-10-2-3-11-28(25)24-29/h2-24H,1H3. The summed E-state index contributed by atoms with van der Waals surface area (Å²) < 4.78 is 5.43. The Morgan fingerprint density at radius 2 is 1.00 bits per heavy atom. The Morgan fingerprint density at radius 1 is 0.500 bits per heavy atom. The lowest BCUT2D eigenvalue weighted by atomic mass is 9.85. The molecule has 40 heavy (non-hydrogen) atoms. The highest BCUT2D eigenvalue weighted by Gasteiger charge is 2.18. The van der Waals surface area contributed by atoms with Gasteiger partial charge in [-0.15, -0.1) is 0 Å². The molecule has 0 amide bonds. The van der Waals surface area contributed by atoms with Crippen LogP contribution in [0.25, 0.3) is 54.6 Å². The smallest absolute Gasteiger partial charge is 0.196 e. The molecule has 0 N–H and O–H groups in total. The second kappa shape index (κ2) is 9.83. The molecular formula is C38H26O2. The number of ether oxygens (including phenoxy) is 1. The number of carbonyl (C=O) groups is 1. The van der Waals surface area contributed by atoms with E-state index in [1.807, 2.05) is 36.4 Å². The molecule has 7 aromatic rings. The second-order valence-electron chi connectivity index (χ2n) is 10.0. The third-order valence-corrected chi connectivity index (χ3v) is 7.76. The van der Waals surface area contributed by atoms with E-state index in [0.29, 0.717) is 16.9 Å². The van der Waals surface area contributed by atoms with Crippen LogP contribution in [-0.2, 0) is 0 Å². The number of benzene rings is 7. The van der Waals surface area contributed by atoms with E-state index in [-0.39, 0.29) is 5.78 Å². The average Bonchev–Trinajstić information content (AvgIpc) is 3.03. The molecule has 0 spiro atoms. The van der Waals surface area contributed by atoms with Crippen LogP contribution in [0.2, 0.25) is 0 Å². The first-order chi connectivity index (χ1) is 19.7. The van der Waals surface area contributed by atoms with Crippen LogP contribution in [-0.4, -0.2) is 12.9 Å². The maximum Gasteiger partial charge on any atom is 0.196 e. The van der Waals surface area contributed by atoms with Crippen molar-refractivity contribution in [3.05, 3.63) is 151 Å². The molecule has 0 aliphatic rings. The lowest BCUT2D eigenvalue weighted by molar-refractivity contribution is 0.103. The van der Waals surface area contributed by atoms with Crippen molar-refractivity contribution in [1.29, 1.82) is 0 Å². The van der Waals surface area contributed by atoms with E-state index in [2.05, 4.69) is 103 Å². The number of hydrogen-bond acceptors (Lipinski definition) is 2. The molecule has 2 heteroatoms. The molecule has 0 aromatic heterocycles. The Hall–Kier alpha value is -5.21. The summed E-state index contributed by atoms with van der Waals surface area (Å²) in [5.74, 6) is 0.531. The Bertz CT molecular complexity index is 1990. The maximum absolute atomic E-state index is 13.3. The summed E-state index contributed by atoms with van der Waals surface area (Å²) in [6.45, 7) is 0. The Labute approximate surface area is 233 Å². The minimum absolute atomic E-state index is 0.0506. The quantitative estimate of drug-likeness (QED) is 0.169. The van der Waals surface area contributed by atoms with Gasteiger partial charge in [0.2, 0.25) is 0 Å². The molecule has 0 saturated carbocycles. The molecule has 0 bridgehead atoms. The van der Waals surface area contributed by atoms with Crippen molar-refractivity contribution in [3.63, 3.8) is 0 Å². The monoisotopic (exact) mass is 514 g/mol. The fraction of sp³-hybridized carbons (Fsp3) is 0.0263. The number of fused-ring (bicyclic) bond motifs is 3. The fourth-order valence-electron chi connectivity index (χ4n) is 5.87. The number of ketones is 1. The van der Waals surface area contributed by atoms with Crippen LogP contribution in [0, 0.1) is 0 Å². The average molecular weight is 515 g/mol. The molecule has 7 aromatic carbocycles. The van der Waals surface area contributed by atoms with E-state index >= 15 is 0 Å². The molecular weight excluding hydrogens is 488 g/mol. The van der Waals surface area contributed by atoms with E-state index in [0.717, 1.165) is 5.56 Å². The Balaban J connectivity index is 1.42. The lowest BCUT2D eigenvalue weighted by Crippen LogP contribution is -2.03. The van der Waals surface area contributed by atoms with Gasteiger partial charge in [-0.1, -0.05) is 121 Å². The van der Waals surface area contributed by atoms with Crippen molar-refractivity contribution in [2.24, 2.45) is 0 Å². The fourth-order valence-corrected chi connectivity index (χ4v) is 5.87. The highest BCUT2D eigenvalue weighted by Crippen LogP contribution is 2.44. The maximum atomic E-state index is 13.3. The predicted octanol–water partition coefficient (Wildman–Crippen LogP) is 9.72. The first kappa shape index (κ1) is 23.9. The number of para-hydroxylation sites is 1. The SMILES string of the molecule is COc1ccccc1C(=O)c1ccc(-c2c3ccccc3c(-c3ccc4ccccc4c3)c3ccccc23)cc1. The van der Waals surface area contributed by atoms with Gasteiger partial charge in [-0.05, 0) is 72.8 Å². The molecule has 0 atom stereocenters. The molecule has 0 unspecified atom stereocenters. The van der Waals surface area contributed by atoms with Gasteiger partial charge in [0.05, 0.1) is 12.7 Å². The van der Waals surface area contributed by atoms with Gasteiger partial charge < -0.3 is 4.74 Å². The summed E-state index contributed by atoms with van der Waals surface area (Å²) in [5.41, 5.74) is 5.89. The van der Waals surface area contributed by atoms with Gasteiger partial charge in [0.15, 0.2) is 5.78 Å². The summed E-state index contributed by atoms with van der Waals surface area (Å²) in [6.07, 6.45) is 0. The molecule has 2 nitrogen and oxygen atoms in total. The second-order valence-corrected chi connectivity index (χ2v) is 10.0. The van der Waals surface area contributed by atoms with Gasteiger partial charge in [-0.3, -0.25) is 4.79 Å². The van der Waals surface area contributed by atoms with E-state index in [4.69, 9.17) is 4.74 Å². The molecule has 0 aliphatic carbocycles. The molecule has 0 saturated heterocycles. The van der Waals surface area contributed by atoms with Crippen molar-refractivity contribution in [2.45, 2.75) is 0 Å². The number of carbonyl (C=O) groups excluding carboxylic acids is 1. The van der Waals surface area contributed by atoms with Crippen molar-refractivity contribution in [3.8, 4) is 28.0 Å². The summed E-state index contributed by atoms with van der Waals surface area (Å²) in [5, 5.41) is 7.26. The molecule has 0 fully saturated rings. The van der Waals surface area contributed by atoms with Gasteiger partial charge in [0.1, 0.15) is 5.75 Å². The van der Waals surface area contributed by atoms with Gasteiger partial charge in [-0.25, -0.2) is 0 Å². The van der Waals surface area contributed by atoms with Crippen LogP contribution in [0.15, 0.2) is 140 Å². The number of hydrogen-bond donors (Lipinski definition) is 0. The molecule has 190 valence electrons. The molecule has 0 radical (unpaired) electrons. The van der Waals surface area contributed by atoms with Crippen LogP contribution in [0.1, 0.15) is 15.9 Å². The van der Waals surface area contributed by atoms with E-state index in [1.165, 1.54) is 49.0 Å². The zero-order chi connectivity index (χ0) is 27.1. The first-order valence-electron chi connectivity index (χ1n) is 13.4. The molecule has 0 heterocycles. The highest BCUT2D eigenvalue weighted by atomic mass is 16.5. The van der Waals surface area contributed by atoms with Crippen LogP contribution in [0.4, 0.5) is 0 Å². The third-order valence-electron chi connectivity index (χ3n) is 7.76. The van der Waals surface area contributed by atoms with E-state index in [9.17, 15) is 4.79 Å². The van der Waals surface area contributed by atoms with E-state index in [1.54, 1.807) is 7.11 Å². The van der Waals surface area contributed by atoms with Crippen molar-refractivity contribution >= 4 is 38.1 Å². The van der Waals surface area contributed by atoms with Gasteiger partial charge >= 0.3 is 0 Å². The minimum Gasteiger partial charge on any atom is -0.496 e. The summed E-state index contributed by atoms with van der Waals surface area (Å²) in [4.78, 5) is 13.3. The normalized spacial score (nSPS) is 11.2. The number of rotatable bonds is 5. The zero-order valence-corrected chi connectivity index (χ0v) is 22.1. The zero-order valence-electron chi connectivity index (χ0n) is 22.1. The van der Waals surface area contributed by atoms with Gasteiger partial charge in [-0.2, -0.15) is 0 Å². The van der Waals surface area contributed by atoms with Crippen LogP contribution in [0.3, 0.4) is 0 Å². The van der Waals surface area contributed by atoms with Gasteiger partial charge in [0.25, 0.3) is 0 Å². The van der Waals surface area contributed by atoms with Crippen LogP contribution < -0.4 is 4.74 Å². The van der Waals surface area contributed by atoms with E-state index < -0.39 is 0 Å². The molecule has 7 rings (SSSR count).